The van der Waals surface area contributed by atoms with Crippen molar-refractivity contribution in [2.24, 2.45) is 0 Å². The summed E-state index contributed by atoms with van der Waals surface area (Å²) < 4.78 is 5.46. The van der Waals surface area contributed by atoms with Gasteiger partial charge in [-0.15, -0.1) is 11.3 Å². The summed E-state index contributed by atoms with van der Waals surface area (Å²) in [6.07, 6.45) is 0. The molecule has 2 rings (SSSR count). The first kappa shape index (κ1) is 14.3. The van der Waals surface area contributed by atoms with Crippen LogP contribution in [-0.2, 0) is 4.79 Å². The zero-order valence-electron chi connectivity index (χ0n) is 11.3. The molecular formula is C13H14N2O4S. The molecule has 1 atom stereocenters. The molecule has 0 radical (unpaired) electrons. The molecule has 0 fully saturated rings. The molecule has 2 heterocycles. The fourth-order valence-corrected chi connectivity index (χ4v) is 2.52. The van der Waals surface area contributed by atoms with Crippen molar-refractivity contribution in [2.75, 3.05) is 0 Å². The molecular weight excluding hydrogens is 280 g/mol. The van der Waals surface area contributed by atoms with E-state index in [4.69, 9.17) is 9.52 Å². The molecule has 0 aromatic carbocycles. The van der Waals surface area contributed by atoms with Gasteiger partial charge in [0.15, 0.2) is 10.8 Å². The third-order valence-corrected chi connectivity index (χ3v) is 3.84. The van der Waals surface area contributed by atoms with Crippen LogP contribution >= 0.6 is 11.3 Å². The third kappa shape index (κ3) is 2.88. The summed E-state index contributed by atoms with van der Waals surface area (Å²) in [7, 11) is 0. The lowest BCUT2D eigenvalue weighted by atomic mass is 10.3. The Hall–Kier alpha value is -2.15. The van der Waals surface area contributed by atoms with Crippen molar-refractivity contribution in [3.05, 3.63) is 28.5 Å². The van der Waals surface area contributed by atoms with Gasteiger partial charge in [-0.3, -0.25) is 9.59 Å². The molecule has 6 nitrogen and oxygen atoms in total. The van der Waals surface area contributed by atoms with E-state index < -0.39 is 17.9 Å². The fraction of sp³-hybridized carbons (Fsp3) is 0.308. The van der Waals surface area contributed by atoms with E-state index in [9.17, 15) is 9.59 Å². The van der Waals surface area contributed by atoms with Crippen LogP contribution in [0.15, 0.2) is 16.5 Å². The Morgan fingerprint density at radius 2 is 2.10 bits per heavy atom. The van der Waals surface area contributed by atoms with Crippen LogP contribution in [0.25, 0.3) is 10.8 Å². The van der Waals surface area contributed by atoms with Gasteiger partial charge in [0.05, 0.1) is 5.69 Å². The number of thiazole rings is 1. The van der Waals surface area contributed by atoms with E-state index in [1.807, 2.05) is 13.0 Å². The van der Waals surface area contributed by atoms with Crippen molar-refractivity contribution >= 4 is 23.2 Å². The monoisotopic (exact) mass is 294 g/mol. The number of rotatable bonds is 4. The highest BCUT2D eigenvalue weighted by Gasteiger charge is 2.21. The van der Waals surface area contributed by atoms with Crippen LogP contribution in [0.5, 0.6) is 0 Å². The Morgan fingerprint density at radius 1 is 1.40 bits per heavy atom. The summed E-state index contributed by atoms with van der Waals surface area (Å²) in [6.45, 7) is 4.94. The van der Waals surface area contributed by atoms with Crippen LogP contribution in [0.4, 0.5) is 0 Å². The largest absolute Gasteiger partial charge is 0.480 e. The zero-order chi connectivity index (χ0) is 14.9. The number of hydrogen-bond donors (Lipinski definition) is 2. The number of nitrogens with zero attached hydrogens (tertiary/aromatic N) is 1. The molecule has 0 aliphatic heterocycles. The van der Waals surface area contributed by atoms with Gasteiger partial charge in [0.1, 0.15) is 16.7 Å². The first-order valence-electron chi connectivity index (χ1n) is 5.96. The van der Waals surface area contributed by atoms with Gasteiger partial charge in [-0.1, -0.05) is 0 Å². The third-order valence-electron chi connectivity index (χ3n) is 2.67. The van der Waals surface area contributed by atoms with Gasteiger partial charge >= 0.3 is 5.97 Å². The molecule has 0 saturated carbocycles. The van der Waals surface area contributed by atoms with E-state index in [1.54, 1.807) is 13.0 Å². The summed E-state index contributed by atoms with van der Waals surface area (Å²) in [5.74, 6) is -0.161. The molecule has 2 aromatic heterocycles. The van der Waals surface area contributed by atoms with E-state index in [0.717, 1.165) is 5.76 Å². The molecule has 0 aliphatic carbocycles. The van der Waals surface area contributed by atoms with Gasteiger partial charge in [0, 0.05) is 0 Å². The standard InChI is InChI=1S/C13H14N2O4S/c1-6-4-5-9(19-6)12-15-7(2)10(20-12)11(16)14-8(3)13(17)18/h4-5,8H,1-3H3,(H,14,16)(H,17,18). The van der Waals surface area contributed by atoms with Crippen molar-refractivity contribution in [3.8, 4) is 10.8 Å². The van der Waals surface area contributed by atoms with Crippen LogP contribution in [0.1, 0.15) is 28.0 Å². The van der Waals surface area contributed by atoms with Crippen LogP contribution in [0, 0.1) is 13.8 Å². The van der Waals surface area contributed by atoms with Gasteiger partial charge in [0.2, 0.25) is 0 Å². The average Bonchev–Trinajstić information content (AvgIpc) is 2.95. The van der Waals surface area contributed by atoms with Gasteiger partial charge in [0.25, 0.3) is 5.91 Å². The van der Waals surface area contributed by atoms with Crippen molar-refractivity contribution in [1.29, 1.82) is 0 Å². The number of carboxylic acids is 1. The van der Waals surface area contributed by atoms with Crippen LogP contribution in [0.2, 0.25) is 0 Å². The van der Waals surface area contributed by atoms with E-state index in [2.05, 4.69) is 10.3 Å². The molecule has 1 amide bonds. The molecule has 0 bridgehead atoms. The predicted octanol–water partition coefficient (Wildman–Crippen LogP) is 2.22. The maximum absolute atomic E-state index is 12.0. The number of amides is 1. The maximum Gasteiger partial charge on any atom is 0.325 e. The number of hydrogen-bond acceptors (Lipinski definition) is 5. The molecule has 2 aromatic rings. The number of carbonyl (C=O) groups is 2. The number of carbonyl (C=O) groups excluding carboxylic acids is 1. The van der Waals surface area contributed by atoms with Crippen molar-refractivity contribution in [2.45, 2.75) is 26.8 Å². The van der Waals surface area contributed by atoms with Crippen LogP contribution in [0.3, 0.4) is 0 Å². The molecule has 7 heteroatoms. The van der Waals surface area contributed by atoms with E-state index in [0.29, 0.717) is 21.3 Å². The molecule has 0 spiro atoms. The summed E-state index contributed by atoms with van der Waals surface area (Å²) >= 11 is 1.18. The predicted molar refractivity (Wildman–Crippen MR) is 73.9 cm³/mol. The lowest BCUT2D eigenvalue weighted by molar-refractivity contribution is -0.138. The quantitative estimate of drug-likeness (QED) is 0.902. The smallest absolute Gasteiger partial charge is 0.325 e. The van der Waals surface area contributed by atoms with Gasteiger partial charge in [-0.05, 0) is 32.9 Å². The highest BCUT2D eigenvalue weighted by molar-refractivity contribution is 7.17. The van der Waals surface area contributed by atoms with E-state index >= 15 is 0 Å². The molecule has 2 N–H and O–H groups in total. The van der Waals surface area contributed by atoms with E-state index in [1.165, 1.54) is 18.3 Å². The molecule has 0 aliphatic rings. The first-order chi connectivity index (χ1) is 9.38. The van der Waals surface area contributed by atoms with Gasteiger partial charge in [-0.25, -0.2) is 4.98 Å². The van der Waals surface area contributed by atoms with Crippen molar-refractivity contribution < 1.29 is 19.1 Å². The van der Waals surface area contributed by atoms with E-state index in [-0.39, 0.29) is 0 Å². The molecule has 106 valence electrons. The maximum atomic E-state index is 12.0. The number of furan rings is 1. The Kier molecular flexibility index (Phi) is 3.89. The summed E-state index contributed by atoms with van der Waals surface area (Å²) in [5, 5.41) is 11.8. The fourth-order valence-electron chi connectivity index (χ4n) is 1.59. The Bertz CT molecular complexity index is 659. The first-order valence-corrected chi connectivity index (χ1v) is 6.78. The normalized spacial score (nSPS) is 12.2. The number of aromatic nitrogens is 1. The highest BCUT2D eigenvalue weighted by Crippen LogP contribution is 2.29. The molecule has 1 unspecified atom stereocenters. The van der Waals surface area contributed by atoms with Crippen LogP contribution < -0.4 is 5.32 Å². The second-order valence-electron chi connectivity index (χ2n) is 4.38. The molecule has 20 heavy (non-hydrogen) atoms. The Labute approximate surface area is 119 Å². The minimum atomic E-state index is -1.08. The summed E-state index contributed by atoms with van der Waals surface area (Å²) in [5.41, 5.74) is 0.550. The Morgan fingerprint density at radius 3 is 2.65 bits per heavy atom. The average molecular weight is 294 g/mol. The number of carboxylic acid groups (broad SMARTS) is 1. The summed E-state index contributed by atoms with van der Waals surface area (Å²) in [6, 6.07) is 2.66. The minimum Gasteiger partial charge on any atom is -0.480 e. The highest BCUT2D eigenvalue weighted by atomic mass is 32.1. The second-order valence-corrected chi connectivity index (χ2v) is 5.38. The SMILES string of the molecule is Cc1ccc(-c2nc(C)c(C(=O)NC(C)C(=O)O)s2)o1. The second kappa shape index (κ2) is 5.46. The number of aliphatic carboxylic acids is 1. The lowest BCUT2D eigenvalue weighted by Gasteiger charge is -2.07. The topological polar surface area (TPSA) is 92.4 Å². The number of aryl methyl sites for hydroxylation is 2. The van der Waals surface area contributed by atoms with Crippen LogP contribution in [-0.4, -0.2) is 28.0 Å². The van der Waals surface area contributed by atoms with Crippen molar-refractivity contribution in [3.63, 3.8) is 0 Å². The molecule has 0 saturated heterocycles. The minimum absolute atomic E-state index is 0.391. The van der Waals surface area contributed by atoms with Gasteiger partial charge in [-0.2, -0.15) is 0 Å². The van der Waals surface area contributed by atoms with Gasteiger partial charge < -0.3 is 14.8 Å². The Balaban J connectivity index is 2.23. The number of nitrogens with one attached hydrogen (secondary N) is 1. The lowest BCUT2D eigenvalue weighted by Crippen LogP contribution is -2.38. The van der Waals surface area contributed by atoms with Crippen molar-refractivity contribution in [1.82, 2.24) is 10.3 Å². The zero-order valence-corrected chi connectivity index (χ0v) is 12.1. The summed E-state index contributed by atoms with van der Waals surface area (Å²) in [4.78, 5) is 27.4.